The first-order chi connectivity index (χ1) is 14.0. The van der Waals surface area contributed by atoms with Gasteiger partial charge in [0.15, 0.2) is 5.96 Å². The number of para-hydroxylation sites is 1. The van der Waals surface area contributed by atoms with E-state index in [4.69, 9.17) is 4.74 Å². The average Bonchev–Trinajstić information content (AvgIpc) is 3.25. The van der Waals surface area contributed by atoms with Crippen molar-refractivity contribution >= 4 is 29.9 Å². The van der Waals surface area contributed by atoms with Crippen LogP contribution >= 0.6 is 24.0 Å². The van der Waals surface area contributed by atoms with E-state index in [2.05, 4.69) is 20.5 Å². The van der Waals surface area contributed by atoms with Crippen LogP contribution in [0.15, 0.2) is 29.3 Å². The number of aliphatic imine (C=N–C) groups is 1. The number of alkyl halides is 3. The molecule has 1 aromatic carbocycles. The third-order valence-electron chi connectivity index (χ3n) is 5.78. The molecule has 5 nitrogen and oxygen atoms in total. The van der Waals surface area contributed by atoms with Crippen molar-refractivity contribution < 1.29 is 17.9 Å². The number of hydrogen-bond donors (Lipinski definition) is 2. The van der Waals surface area contributed by atoms with Crippen molar-refractivity contribution in [1.29, 1.82) is 0 Å². The van der Waals surface area contributed by atoms with Gasteiger partial charge in [0.2, 0.25) is 0 Å². The largest absolute Gasteiger partial charge is 0.491 e. The molecule has 0 unspecified atom stereocenters. The van der Waals surface area contributed by atoms with Gasteiger partial charge in [-0.05, 0) is 37.8 Å². The fraction of sp³-hybridized carbons (Fsp3) is 0.667. The minimum Gasteiger partial charge on any atom is -0.491 e. The van der Waals surface area contributed by atoms with E-state index in [1.807, 2.05) is 0 Å². The summed E-state index contributed by atoms with van der Waals surface area (Å²) in [6, 6.07) is 6.40. The Kier molecular flexibility index (Phi) is 9.99. The van der Waals surface area contributed by atoms with E-state index in [0.717, 1.165) is 38.0 Å². The SMILES string of the molecule is CN=C(NCCOc1ccccc1C(F)(F)F)NC1CCN(C2CCCC2)CC1.I. The van der Waals surface area contributed by atoms with Crippen LogP contribution < -0.4 is 15.4 Å². The van der Waals surface area contributed by atoms with Crippen LogP contribution in [0.3, 0.4) is 0 Å². The molecule has 9 heteroatoms. The van der Waals surface area contributed by atoms with Gasteiger partial charge in [-0.2, -0.15) is 13.2 Å². The minimum atomic E-state index is -4.42. The van der Waals surface area contributed by atoms with Gasteiger partial charge in [-0.1, -0.05) is 25.0 Å². The second-order valence-electron chi connectivity index (χ2n) is 7.73. The van der Waals surface area contributed by atoms with Crippen LogP contribution in [0.1, 0.15) is 44.1 Å². The van der Waals surface area contributed by atoms with E-state index < -0.39 is 11.7 Å². The molecule has 0 radical (unpaired) electrons. The zero-order chi connectivity index (χ0) is 20.7. The van der Waals surface area contributed by atoms with E-state index in [9.17, 15) is 13.2 Å². The van der Waals surface area contributed by atoms with Gasteiger partial charge in [-0.15, -0.1) is 24.0 Å². The van der Waals surface area contributed by atoms with Crippen LogP contribution in [0.25, 0.3) is 0 Å². The number of nitrogens with one attached hydrogen (secondary N) is 2. The molecule has 0 atom stereocenters. The van der Waals surface area contributed by atoms with Crippen LogP contribution in [0.5, 0.6) is 5.75 Å². The number of halogens is 4. The molecule has 0 bridgehead atoms. The summed E-state index contributed by atoms with van der Waals surface area (Å²) in [4.78, 5) is 6.84. The maximum atomic E-state index is 13.0. The summed E-state index contributed by atoms with van der Waals surface area (Å²) in [7, 11) is 1.70. The summed E-state index contributed by atoms with van der Waals surface area (Å²) in [5.74, 6) is 0.515. The molecule has 170 valence electrons. The van der Waals surface area contributed by atoms with E-state index in [1.54, 1.807) is 7.05 Å². The van der Waals surface area contributed by atoms with Gasteiger partial charge in [-0.25, -0.2) is 0 Å². The zero-order valence-electron chi connectivity index (χ0n) is 17.4. The number of likely N-dealkylation sites (tertiary alicyclic amines) is 1. The number of rotatable bonds is 6. The van der Waals surface area contributed by atoms with Crippen molar-refractivity contribution in [2.75, 3.05) is 33.3 Å². The molecule has 0 spiro atoms. The zero-order valence-corrected chi connectivity index (χ0v) is 19.7. The lowest BCUT2D eigenvalue weighted by atomic mass is 10.0. The Morgan fingerprint density at radius 1 is 1.13 bits per heavy atom. The van der Waals surface area contributed by atoms with E-state index in [0.29, 0.717) is 18.5 Å². The smallest absolute Gasteiger partial charge is 0.419 e. The van der Waals surface area contributed by atoms with Crippen molar-refractivity contribution in [2.45, 2.75) is 56.8 Å². The lowest BCUT2D eigenvalue weighted by Crippen LogP contribution is -2.50. The Morgan fingerprint density at radius 2 is 1.80 bits per heavy atom. The molecule has 0 aromatic heterocycles. The Morgan fingerprint density at radius 3 is 2.43 bits per heavy atom. The summed E-state index contributed by atoms with van der Waals surface area (Å²) >= 11 is 0. The van der Waals surface area contributed by atoms with E-state index in [-0.39, 0.29) is 36.3 Å². The van der Waals surface area contributed by atoms with Gasteiger partial charge < -0.3 is 20.3 Å². The highest BCUT2D eigenvalue weighted by molar-refractivity contribution is 14.0. The number of nitrogens with zero attached hydrogens (tertiary/aromatic N) is 2. The molecule has 2 N–H and O–H groups in total. The van der Waals surface area contributed by atoms with Crippen molar-refractivity contribution in [1.82, 2.24) is 15.5 Å². The Balaban J connectivity index is 0.00000320. The topological polar surface area (TPSA) is 48.9 Å². The molecular formula is C21H32F3IN4O. The van der Waals surface area contributed by atoms with Crippen molar-refractivity contribution in [2.24, 2.45) is 4.99 Å². The first-order valence-electron chi connectivity index (χ1n) is 10.5. The fourth-order valence-electron chi connectivity index (χ4n) is 4.22. The summed E-state index contributed by atoms with van der Waals surface area (Å²) in [5.41, 5.74) is -0.753. The van der Waals surface area contributed by atoms with Gasteiger partial charge in [0.25, 0.3) is 0 Å². The van der Waals surface area contributed by atoms with Crippen LogP contribution in [-0.4, -0.2) is 56.2 Å². The second-order valence-corrected chi connectivity index (χ2v) is 7.73. The molecule has 30 heavy (non-hydrogen) atoms. The summed E-state index contributed by atoms with van der Waals surface area (Å²) in [6.45, 7) is 2.70. The highest BCUT2D eigenvalue weighted by Gasteiger charge is 2.34. The predicted octanol–water partition coefficient (Wildman–Crippen LogP) is 4.27. The molecule has 2 aliphatic rings. The van der Waals surface area contributed by atoms with Gasteiger partial charge in [-0.3, -0.25) is 4.99 Å². The molecule has 1 saturated carbocycles. The number of piperidine rings is 1. The lowest BCUT2D eigenvalue weighted by Gasteiger charge is -2.36. The average molecular weight is 540 g/mol. The monoisotopic (exact) mass is 540 g/mol. The van der Waals surface area contributed by atoms with E-state index >= 15 is 0 Å². The van der Waals surface area contributed by atoms with Gasteiger partial charge >= 0.3 is 6.18 Å². The van der Waals surface area contributed by atoms with Gasteiger partial charge in [0.05, 0.1) is 12.1 Å². The third kappa shape index (κ3) is 7.18. The third-order valence-corrected chi connectivity index (χ3v) is 5.78. The maximum absolute atomic E-state index is 13.0. The van der Waals surface area contributed by atoms with Gasteiger partial charge in [0, 0.05) is 32.2 Å². The van der Waals surface area contributed by atoms with Gasteiger partial charge in [0.1, 0.15) is 12.4 Å². The molecule has 1 heterocycles. The Bertz CT molecular complexity index is 672. The van der Waals surface area contributed by atoms with Crippen LogP contribution in [0, 0.1) is 0 Å². The Labute approximate surface area is 193 Å². The highest BCUT2D eigenvalue weighted by atomic mass is 127. The molecule has 1 aromatic rings. The van der Waals surface area contributed by atoms with Crippen molar-refractivity contribution in [3.05, 3.63) is 29.8 Å². The first kappa shape index (κ1) is 25.0. The summed E-state index contributed by atoms with van der Waals surface area (Å²) in [6.07, 6.45) is 3.11. The standard InChI is InChI=1S/C21H31F3N4O.HI/c1-25-20(27-16-10-13-28(14-11-16)17-6-2-3-7-17)26-12-15-29-19-9-5-4-8-18(19)21(22,23)24;/h4-5,8-9,16-17H,2-3,6-7,10-15H2,1H3,(H2,25,26,27);1H. The minimum absolute atomic E-state index is 0. The lowest BCUT2D eigenvalue weighted by molar-refractivity contribution is -0.138. The van der Waals surface area contributed by atoms with Crippen molar-refractivity contribution in [3.63, 3.8) is 0 Å². The molecule has 1 saturated heterocycles. The quantitative estimate of drug-likeness (QED) is 0.245. The predicted molar refractivity (Wildman–Crippen MR) is 124 cm³/mol. The Hall–Kier alpha value is -1.23. The highest BCUT2D eigenvalue weighted by Crippen LogP contribution is 2.35. The fourth-order valence-corrected chi connectivity index (χ4v) is 4.22. The maximum Gasteiger partial charge on any atom is 0.419 e. The van der Waals surface area contributed by atoms with Crippen LogP contribution in [-0.2, 0) is 6.18 Å². The number of hydrogen-bond acceptors (Lipinski definition) is 3. The molecule has 1 aliphatic heterocycles. The van der Waals surface area contributed by atoms with Crippen molar-refractivity contribution in [3.8, 4) is 5.75 Å². The van der Waals surface area contributed by atoms with Crippen LogP contribution in [0.2, 0.25) is 0 Å². The summed E-state index contributed by atoms with van der Waals surface area (Å²) < 4.78 is 44.3. The molecule has 2 fully saturated rings. The number of ether oxygens (including phenoxy) is 1. The number of benzene rings is 1. The molecular weight excluding hydrogens is 508 g/mol. The molecule has 1 aliphatic carbocycles. The second kappa shape index (κ2) is 12.0. The normalized spacial score (nSPS) is 19.4. The first-order valence-corrected chi connectivity index (χ1v) is 10.5. The molecule has 3 rings (SSSR count). The van der Waals surface area contributed by atoms with Crippen LogP contribution in [0.4, 0.5) is 13.2 Å². The summed E-state index contributed by atoms with van der Waals surface area (Å²) in [5, 5.41) is 6.56. The van der Waals surface area contributed by atoms with E-state index in [1.165, 1.54) is 43.9 Å². The molecule has 0 amide bonds. The number of guanidine groups is 1.